The van der Waals surface area contributed by atoms with Crippen LogP contribution >= 0.6 is 0 Å². The number of morpholine rings is 1. The molecule has 3 aromatic rings. The molecule has 85 heavy (non-hydrogen) atoms. The molecule has 3 amide bonds. The summed E-state index contributed by atoms with van der Waals surface area (Å²) in [7, 11) is 2.69. The number of carboxylic acid groups (broad SMARTS) is 1. The van der Waals surface area contributed by atoms with Gasteiger partial charge < -0.3 is 78.7 Å². The van der Waals surface area contributed by atoms with E-state index in [1.165, 1.54) is 64.3 Å². The van der Waals surface area contributed by atoms with E-state index in [0.717, 1.165) is 25.2 Å². The van der Waals surface area contributed by atoms with Gasteiger partial charge in [-0.25, -0.2) is 14.0 Å². The van der Waals surface area contributed by atoms with Gasteiger partial charge in [0.2, 0.25) is 22.9 Å². The number of phenols is 1. The molecule has 0 spiro atoms. The molecule has 5 aliphatic heterocycles. The molecule has 2 saturated heterocycles. The molecule has 5 bridgehead atoms. The fraction of sp³-hybridized carbons (Fsp3) is 0.500. The molecule has 25 heteroatoms. The summed E-state index contributed by atoms with van der Waals surface area (Å²) in [5.41, 5.74) is -2.92. The van der Waals surface area contributed by atoms with Crippen LogP contribution in [0.25, 0.3) is 10.9 Å². The number of benzene rings is 2. The van der Waals surface area contributed by atoms with E-state index in [1.54, 1.807) is 48.1 Å². The third kappa shape index (κ3) is 11.5. The molecular formula is C60H71FN6O18. The van der Waals surface area contributed by atoms with E-state index in [4.69, 9.17) is 28.4 Å². The maximum atomic E-state index is 16.1. The number of hydrogen-bond acceptors (Lipinski definition) is 19. The number of piperazine rings is 1. The number of alkyl carbamates (subject to hydrolysis) is 1. The summed E-state index contributed by atoms with van der Waals surface area (Å²) in [4.78, 5) is 116. The van der Waals surface area contributed by atoms with Crippen molar-refractivity contribution in [2.45, 2.75) is 97.6 Å². The first-order valence-electron chi connectivity index (χ1n) is 28.2. The van der Waals surface area contributed by atoms with Crippen molar-refractivity contribution in [3.63, 3.8) is 0 Å². The number of aromatic carboxylic acids is 1. The fourth-order valence-corrected chi connectivity index (χ4v) is 11.9. The number of carboxylic acids is 1. The monoisotopic (exact) mass is 1180 g/mol. The molecule has 7 aliphatic rings. The normalized spacial score (nSPS) is 28.3. The molecule has 0 unspecified atom stereocenters. The number of pyridine rings is 1. The van der Waals surface area contributed by atoms with E-state index in [9.17, 15) is 58.8 Å². The maximum absolute atomic E-state index is 16.1. The molecule has 6 heterocycles. The summed E-state index contributed by atoms with van der Waals surface area (Å²) >= 11 is 0. The number of nitrogens with zero attached hydrogens (tertiary/aromatic N) is 4. The second kappa shape index (κ2) is 24.5. The maximum Gasteiger partial charge on any atom is 0.407 e. The fourth-order valence-electron chi connectivity index (χ4n) is 11.9. The van der Waals surface area contributed by atoms with Crippen molar-refractivity contribution in [1.82, 2.24) is 25.0 Å². The Labute approximate surface area is 488 Å². The lowest BCUT2D eigenvalue weighted by atomic mass is 9.78. The number of aromatic nitrogens is 1. The van der Waals surface area contributed by atoms with Crippen molar-refractivity contribution >= 4 is 57.8 Å². The van der Waals surface area contributed by atoms with Gasteiger partial charge in [0.05, 0.1) is 72.5 Å². The average molecular weight is 1180 g/mol. The molecule has 2 aliphatic carbocycles. The van der Waals surface area contributed by atoms with Crippen LogP contribution in [0.3, 0.4) is 0 Å². The Kier molecular flexibility index (Phi) is 17.7. The van der Waals surface area contributed by atoms with E-state index in [2.05, 4.69) is 10.6 Å². The van der Waals surface area contributed by atoms with E-state index in [0.29, 0.717) is 0 Å². The Bertz CT molecular complexity index is 3450. The van der Waals surface area contributed by atoms with Gasteiger partial charge in [-0.05, 0) is 38.8 Å². The van der Waals surface area contributed by atoms with Crippen LogP contribution in [-0.2, 0) is 28.5 Å². The number of Topliss-reactive ketones (excluding diaryl/α,β-unsaturated/α-hetero) is 3. The number of hydrogen-bond donors (Lipinski definition) is 6. The number of methoxy groups -OCH3 is 2. The number of nitrogens with one attached hydrogen (secondary N) is 2. The molecule has 6 N–H and O–H groups in total. The van der Waals surface area contributed by atoms with Crippen molar-refractivity contribution < 1.29 is 86.8 Å². The smallest absolute Gasteiger partial charge is 0.407 e. The Hall–Kier alpha value is -8.13. The number of aliphatic hydroxyl groups excluding tert-OH is 2. The lowest BCUT2D eigenvalue weighted by molar-refractivity contribution is -0.130. The Balaban J connectivity index is 0.957. The zero-order valence-electron chi connectivity index (χ0n) is 48.7. The minimum Gasteiger partial charge on any atom is -0.507 e. The zero-order chi connectivity index (χ0) is 61.7. The van der Waals surface area contributed by atoms with E-state index < -0.39 is 141 Å². The quantitative estimate of drug-likeness (QED) is 0.174. The predicted octanol–water partition coefficient (Wildman–Crippen LogP) is 4.30. The average Bonchev–Trinajstić information content (AvgIpc) is 1.79. The predicted molar refractivity (Wildman–Crippen MR) is 302 cm³/mol. The SMILES string of the molecule is COc1c(N2CCN(C(=O)CNC(=O)O[C@@H]3[C@H](C)[C@@H](O)[C@H](C)[C@@H](O)[C@H](C)/C=C/C=C(/C)C(=O)NC4=C(N5CCOCC5)C(=O)c5c(c(O)c(C)c6c5C(=O)[C@@](C)(O/C=C/[C@H](OC)[C@H]3C)O6)C4=O)CC2)c(F)cc2c(=O)c(C(=O)O)cn(C3CC3)c12. The highest BCUT2D eigenvalue weighted by molar-refractivity contribution is 6.32. The van der Waals surface area contributed by atoms with Gasteiger partial charge >= 0.3 is 17.8 Å². The summed E-state index contributed by atoms with van der Waals surface area (Å²) in [6, 6.07) is 0.905. The first-order chi connectivity index (χ1) is 40.3. The number of phenolic OH excluding ortho intramolecular Hbond substituents is 1. The highest BCUT2D eigenvalue weighted by Gasteiger charge is 2.53. The summed E-state index contributed by atoms with van der Waals surface area (Å²) < 4.78 is 53.1. The topological polar surface area (TPSA) is 312 Å². The van der Waals surface area contributed by atoms with E-state index in [-0.39, 0.29) is 109 Å². The minimum absolute atomic E-state index is 0.0411. The highest BCUT2D eigenvalue weighted by atomic mass is 19.1. The number of rotatable bonds is 9. The standard InChI is InChI=1S/C60H71FN6O18/c1-28-11-10-12-29(2)57(76)63-43-46(66-20-23-82-24-21-66)52(74)40-41(51(43)73)49(71)33(6)54-42(40)56(75)60(7,85-54)83-22-15-38(80-8)30(3)53(32(5)48(70)31(4)47(28)69)84-59(79)62-26-39(68)64-16-18-65(19-17-64)45-37(61)25-35-44(55(45)81-9)67(34-13-14-34)27-36(50(35)72)58(77)78/h10-12,15,22,25,27-28,30-32,34,38,47-48,53,69-71H,13-14,16-21,23-24,26H2,1-9H3,(H,62,79)(H,63,76)(H,77,78)/b11-10+,22-15+,29-12-/t28-,30-,31-,32-,38+,47+,48+,53+,60+/m1/s1. The van der Waals surface area contributed by atoms with Gasteiger partial charge in [0.25, 0.3) is 11.7 Å². The molecular weight excluding hydrogens is 1110 g/mol. The molecule has 1 saturated carbocycles. The lowest BCUT2D eigenvalue weighted by Gasteiger charge is -2.38. The van der Waals surface area contributed by atoms with Gasteiger partial charge in [0.1, 0.15) is 46.8 Å². The van der Waals surface area contributed by atoms with Gasteiger partial charge in [-0.1, -0.05) is 45.9 Å². The Morgan fingerprint density at radius 1 is 0.871 bits per heavy atom. The second-order valence-corrected chi connectivity index (χ2v) is 22.6. The third-order valence-corrected chi connectivity index (χ3v) is 17.1. The Morgan fingerprint density at radius 3 is 2.19 bits per heavy atom. The van der Waals surface area contributed by atoms with Crippen LogP contribution in [0.5, 0.6) is 17.2 Å². The molecule has 10 rings (SSSR count). The van der Waals surface area contributed by atoms with Gasteiger partial charge in [-0.2, -0.15) is 0 Å². The molecule has 9 atom stereocenters. The number of halogens is 1. The van der Waals surface area contributed by atoms with Crippen LogP contribution in [0.1, 0.15) is 107 Å². The third-order valence-electron chi connectivity index (χ3n) is 17.1. The number of allylic oxidation sites excluding steroid dienone is 4. The minimum atomic E-state index is -2.20. The van der Waals surface area contributed by atoms with E-state index >= 15 is 4.39 Å². The van der Waals surface area contributed by atoms with Gasteiger partial charge in [0.15, 0.2) is 11.6 Å². The number of ether oxygens (including phenoxy) is 6. The van der Waals surface area contributed by atoms with Crippen molar-refractivity contribution in [3.05, 3.63) is 104 Å². The summed E-state index contributed by atoms with van der Waals surface area (Å²) in [6.07, 6.45) is 3.87. The number of aromatic hydroxyl groups is 1. The van der Waals surface area contributed by atoms with Crippen molar-refractivity contribution in [1.29, 1.82) is 0 Å². The molecule has 0 radical (unpaired) electrons. The highest BCUT2D eigenvalue weighted by Crippen LogP contribution is 2.49. The zero-order valence-corrected chi connectivity index (χ0v) is 48.7. The molecule has 3 fully saturated rings. The number of anilines is 1. The van der Waals surface area contributed by atoms with Gasteiger partial charge in [0, 0.05) is 100 Å². The number of aliphatic hydroxyl groups is 2. The van der Waals surface area contributed by atoms with Gasteiger partial charge in [-0.15, -0.1) is 0 Å². The van der Waals surface area contributed by atoms with Crippen LogP contribution in [0, 0.1) is 36.4 Å². The van der Waals surface area contributed by atoms with Crippen LogP contribution < -0.4 is 30.4 Å². The van der Waals surface area contributed by atoms with Crippen LogP contribution in [0.15, 0.2) is 64.6 Å². The summed E-state index contributed by atoms with van der Waals surface area (Å²) in [5.74, 6) is -12.6. The molecule has 456 valence electrons. The molecule has 1 aromatic heterocycles. The number of ketones is 3. The second-order valence-electron chi connectivity index (χ2n) is 22.6. The van der Waals surface area contributed by atoms with Crippen molar-refractivity contribution in [2.24, 2.45) is 23.7 Å². The van der Waals surface area contributed by atoms with E-state index in [1.807, 2.05) is 0 Å². The molecule has 2 aromatic carbocycles. The number of fused-ring (bicyclic) bond motifs is 15. The number of carbonyl (C=O) groups excluding carboxylic acids is 6. The van der Waals surface area contributed by atoms with Crippen molar-refractivity contribution in [2.75, 3.05) is 78.1 Å². The van der Waals surface area contributed by atoms with Crippen LogP contribution in [0.2, 0.25) is 0 Å². The summed E-state index contributed by atoms with van der Waals surface area (Å²) in [5, 5.41) is 50.1. The first-order valence-corrected chi connectivity index (χ1v) is 28.2. The van der Waals surface area contributed by atoms with Gasteiger partial charge in [-0.3, -0.25) is 28.8 Å². The lowest BCUT2D eigenvalue weighted by Crippen LogP contribution is -2.52. The van der Waals surface area contributed by atoms with Crippen LogP contribution in [-0.4, -0.2) is 179 Å². The largest absolute Gasteiger partial charge is 0.507 e. The number of amides is 3. The van der Waals surface area contributed by atoms with Crippen molar-refractivity contribution in [3.8, 4) is 17.2 Å². The number of carbonyl (C=O) groups is 7. The first kappa shape index (κ1) is 61.4. The molecule has 24 nitrogen and oxygen atoms in total. The van der Waals surface area contributed by atoms with Crippen LogP contribution in [0.4, 0.5) is 14.9 Å². The Morgan fingerprint density at radius 2 is 1.55 bits per heavy atom. The summed E-state index contributed by atoms with van der Waals surface area (Å²) in [6.45, 7) is 11.2.